The van der Waals surface area contributed by atoms with E-state index in [1.54, 1.807) is 18.6 Å². The van der Waals surface area contributed by atoms with E-state index in [2.05, 4.69) is 19.8 Å². The number of piperazine rings is 1. The Hall–Kier alpha value is -1.69. The average molecular weight is 248 g/mol. The van der Waals surface area contributed by atoms with Gasteiger partial charge in [0.25, 0.3) is 0 Å². The quantitative estimate of drug-likeness (QED) is 0.682. The molecule has 1 atom stereocenters. The molecule has 0 spiro atoms. The number of hydrogen-bond donors (Lipinski definition) is 0. The van der Waals surface area contributed by atoms with Crippen molar-refractivity contribution in [3.8, 4) is 0 Å². The molecule has 2 aliphatic rings. The van der Waals surface area contributed by atoms with E-state index in [-0.39, 0.29) is 12.0 Å². The van der Waals surface area contributed by atoms with Crippen molar-refractivity contribution in [1.82, 2.24) is 14.9 Å². The van der Waals surface area contributed by atoms with Crippen molar-refractivity contribution in [3.05, 3.63) is 18.6 Å². The molecule has 0 saturated carbocycles. The highest BCUT2D eigenvalue weighted by atomic mass is 16.5. The van der Waals surface area contributed by atoms with E-state index in [0.29, 0.717) is 6.61 Å². The second-order valence-corrected chi connectivity index (χ2v) is 4.56. The van der Waals surface area contributed by atoms with Crippen LogP contribution in [0.5, 0.6) is 0 Å². The number of anilines is 1. The lowest BCUT2D eigenvalue weighted by Gasteiger charge is -2.36. The van der Waals surface area contributed by atoms with E-state index >= 15 is 0 Å². The Kier molecular flexibility index (Phi) is 3.10. The Labute approximate surface area is 106 Å². The summed E-state index contributed by atoms with van der Waals surface area (Å²) in [6.07, 6.45) is 5.98. The summed E-state index contributed by atoms with van der Waals surface area (Å²) in [7, 11) is 0. The molecule has 1 aromatic rings. The lowest BCUT2D eigenvalue weighted by atomic mass is 10.2. The van der Waals surface area contributed by atoms with Crippen molar-refractivity contribution in [2.45, 2.75) is 12.5 Å². The van der Waals surface area contributed by atoms with Gasteiger partial charge in [-0.25, -0.2) is 4.98 Å². The first-order chi connectivity index (χ1) is 8.84. The normalized spacial score (nSPS) is 25.2. The van der Waals surface area contributed by atoms with Crippen LogP contribution >= 0.6 is 0 Å². The summed E-state index contributed by atoms with van der Waals surface area (Å²) in [6, 6.07) is -0.0333. The van der Waals surface area contributed by atoms with Crippen molar-refractivity contribution >= 4 is 11.8 Å². The highest BCUT2D eigenvalue weighted by Crippen LogP contribution is 2.18. The predicted molar refractivity (Wildman–Crippen MR) is 65.2 cm³/mol. The third-order valence-corrected chi connectivity index (χ3v) is 3.54. The number of esters is 1. The minimum atomic E-state index is -0.0667. The molecule has 0 bridgehead atoms. The number of ether oxygens (including phenoxy) is 1. The van der Waals surface area contributed by atoms with Crippen LogP contribution in [0.2, 0.25) is 0 Å². The van der Waals surface area contributed by atoms with Gasteiger partial charge in [0.15, 0.2) is 0 Å². The van der Waals surface area contributed by atoms with Crippen LogP contribution in [0.4, 0.5) is 5.82 Å². The van der Waals surface area contributed by atoms with E-state index in [4.69, 9.17) is 4.74 Å². The van der Waals surface area contributed by atoms with Gasteiger partial charge in [0, 0.05) is 45.0 Å². The molecule has 0 aliphatic carbocycles. The summed E-state index contributed by atoms with van der Waals surface area (Å²) >= 11 is 0. The fourth-order valence-electron chi connectivity index (χ4n) is 2.53. The van der Waals surface area contributed by atoms with Gasteiger partial charge in [0.05, 0.1) is 12.8 Å². The largest absolute Gasteiger partial charge is 0.464 e. The second kappa shape index (κ2) is 4.89. The zero-order valence-corrected chi connectivity index (χ0v) is 10.2. The van der Waals surface area contributed by atoms with Gasteiger partial charge < -0.3 is 9.64 Å². The molecule has 0 N–H and O–H groups in total. The van der Waals surface area contributed by atoms with E-state index in [9.17, 15) is 4.79 Å². The minimum Gasteiger partial charge on any atom is -0.464 e. The van der Waals surface area contributed by atoms with Crippen molar-refractivity contribution in [2.75, 3.05) is 37.7 Å². The zero-order valence-electron chi connectivity index (χ0n) is 10.2. The average Bonchev–Trinajstić information content (AvgIpc) is 2.86. The number of carbonyl (C=O) groups excluding carboxylic acids is 1. The van der Waals surface area contributed by atoms with Gasteiger partial charge in [-0.05, 0) is 0 Å². The highest BCUT2D eigenvalue weighted by molar-refractivity contribution is 5.77. The monoisotopic (exact) mass is 248 g/mol. The molecular weight excluding hydrogens is 232 g/mol. The molecule has 6 nitrogen and oxygen atoms in total. The van der Waals surface area contributed by atoms with Crippen molar-refractivity contribution in [3.63, 3.8) is 0 Å². The third kappa shape index (κ3) is 2.15. The van der Waals surface area contributed by atoms with Gasteiger partial charge in [-0.3, -0.25) is 14.7 Å². The molecule has 0 amide bonds. The molecule has 2 aliphatic heterocycles. The van der Waals surface area contributed by atoms with Crippen LogP contribution in [0.25, 0.3) is 0 Å². The molecule has 6 heteroatoms. The smallest absolute Gasteiger partial charge is 0.323 e. The fourth-order valence-corrected chi connectivity index (χ4v) is 2.53. The van der Waals surface area contributed by atoms with Crippen molar-refractivity contribution in [2.24, 2.45) is 0 Å². The maximum absolute atomic E-state index is 11.5. The molecule has 96 valence electrons. The molecule has 0 unspecified atom stereocenters. The Morgan fingerprint density at radius 3 is 2.67 bits per heavy atom. The number of aromatic nitrogens is 2. The minimum absolute atomic E-state index is 0.0333. The standard InChI is InChI=1S/C12H16N4O2/c17-12-10(1-8-18-12)15-4-6-16(7-5-15)11-9-13-2-3-14-11/h2-3,9-10H,1,4-8H2/t10-/m0/s1. The molecular formula is C12H16N4O2. The van der Waals surface area contributed by atoms with Crippen LogP contribution in [0.1, 0.15) is 6.42 Å². The van der Waals surface area contributed by atoms with E-state index in [0.717, 1.165) is 38.4 Å². The zero-order chi connectivity index (χ0) is 12.4. The van der Waals surface area contributed by atoms with Crippen LogP contribution in [0.15, 0.2) is 18.6 Å². The Bertz CT molecular complexity index is 417. The lowest BCUT2D eigenvalue weighted by Crippen LogP contribution is -2.51. The van der Waals surface area contributed by atoms with Crippen LogP contribution in [0.3, 0.4) is 0 Å². The molecule has 1 aromatic heterocycles. The van der Waals surface area contributed by atoms with Gasteiger partial charge in [0.2, 0.25) is 0 Å². The number of rotatable bonds is 2. The number of hydrogen-bond acceptors (Lipinski definition) is 6. The maximum atomic E-state index is 11.5. The molecule has 0 aromatic carbocycles. The van der Waals surface area contributed by atoms with E-state index in [1.165, 1.54) is 0 Å². The Balaban J connectivity index is 1.60. The van der Waals surface area contributed by atoms with Crippen molar-refractivity contribution in [1.29, 1.82) is 0 Å². The maximum Gasteiger partial charge on any atom is 0.323 e. The van der Waals surface area contributed by atoms with Crippen LogP contribution in [-0.4, -0.2) is 59.7 Å². The second-order valence-electron chi connectivity index (χ2n) is 4.56. The van der Waals surface area contributed by atoms with Gasteiger partial charge in [-0.2, -0.15) is 0 Å². The summed E-state index contributed by atoms with van der Waals surface area (Å²) in [4.78, 5) is 24.3. The predicted octanol–water partition coefficient (Wildman–Crippen LogP) is -0.0859. The van der Waals surface area contributed by atoms with Crippen molar-refractivity contribution < 1.29 is 9.53 Å². The molecule has 18 heavy (non-hydrogen) atoms. The van der Waals surface area contributed by atoms with E-state index in [1.807, 2.05) is 0 Å². The summed E-state index contributed by atoms with van der Waals surface area (Å²) < 4.78 is 5.01. The topological polar surface area (TPSA) is 58.6 Å². The first kappa shape index (κ1) is 11.4. The third-order valence-electron chi connectivity index (χ3n) is 3.54. The first-order valence-corrected chi connectivity index (χ1v) is 6.26. The SMILES string of the molecule is O=C1OCC[C@@H]1N1CCN(c2cnccn2)CC1. The van der Waals surface area contributed by atoms with Crippen LogP contribution in [0, 0.1) is 0 Å². The lowest BCUT2D eigenvalue weighted by molar-refractivity contribution is -0.142. The van der Waals surface area contributed by atoms with Gasteiger partial charge in [-0.1, -0.05) is 0 Å². The van der Waals surface area contributed by atoms with Gasteiger partial charge in [-0.15, -0.1) is 0 Å². The summed E-state index contributed by atoms with van der Waals surface area (Å²) in [6.45, 7) is 4.06. The van der Waals surface area contributed by atoms with Crippen LogP contribution < -0.4 is 4.90 Å². The molecule has 2 saturated heterocycles. The molecule has 3 heterocycles. The summed E-state index contributed by atoms with van der Waals surface area (Å²) in [5.74, 6) is 0.842. The number of cyclic esters (lactones) is 1. The van der Waals surface area contributed by atoms with Crippen LogP contribution in [-0.2, 0) is 9.53 Å². The molecule has 0 radical (unpaired) electrons. The number of nitrogens with zero attached hydrogens (tertiary/aromatic N) is 4. The molecule has 3 rings (SSSR count). The summed E-state index contributed by atoms with van der Waals surface area (Å²) in [5, 5.41) is 0. The Morgan fingerprint density at radius 2 is 2.06 bits per heavy atom. The van der Waals surface area contributed by atoms with E-state index < -0.39 is 0 Å². The van der Waals surface area contributed by atoms with Gasteiger partial charge >= 0.3 is 5.97 Å². The highest BCUT2D eigenvalue weighted by Gasteiger charge is 2.34. The fraction of sp³-hybridized carbons (Fsp3) is 0.583. The van der Waals surface area contributed by atoms with Gasteiger partial charge in [0.1, 0.15) is 11.9 Å². The number of carbonyl (C=O) groups is 1. The first-order valence-electron chi connectivity index (χ1n) is 6.26. The Morgan fingerprint density at radius 1 is 1.22 bits per heavy atom. The molecule has 2 fully saturated rings. The summed E-state index contributed by atoms with van der Waals surface area (Å²) in [5.41, 5.74) is 0.